The van der Waals surface area contributed by atoms with E-state index in [1.165, 1.54) is 16.7 Å². The van der Waals surface area contributed by atoms with Gasteiger partial charge in [0.25, 0.3) is 0 Å². The molecular weight excluding hydrogens is 224 g/mol. The van der Waals surface area contributed by atoms with Crippen LogP contribution < -0.4 is 0 Å². The van der Waals surface area contributed by atoms with E-state index in [2.05, 4.69) is 49.5 Å². The van der Waals surface area contributed by atoms with Crippen molar-refractivity contribution in [1.29, 1.82) is 0 Å². The van der Waals surface area contributed by atoms with Crippen LogP contribution in [0.4, 0.5) is 0 Å². The average Bonchev–Trinajstić information content (AvgIpc) is 2.30. The molecule has 0 saturated heterocycles. The van der Waals surface area contributed by atoms with Gasteiger partial charge in [0, 0.05) is 4.90 Å². The van der Waals surface area contributed by atoms with Crippen molar-refractivity contribution in [2.24, 2.45) is 0 Å². The van der Waals surface area contributed by atoms with Gasteiger partial charge in [0.05, 0.1) is 0 Å². The van der Waals surface area contributed by atoms with E-state index in [0.29, 0.717) is 0 Å². The first-order valence-corrected chi connectivity index (χ1v) is 6.14. The second-order valence-electron chi connectivity index (χ2n) is 4.25. The summed E-state index contributed by atoms with van der Waals surface area (Å²) in [7, 11) is 0. The molecule has 0 saturated carbocycles. The van der Waals surface area contributed by atoms with Gasteiger partial charge in [0.1, 0.15) is 0 Å². The molecular formula is C16H16S. The van der Waals surface area contributed by atoms with E-state index in [0.717, 1.165) is 16.9 Å². The number of hydrogen-bond acceptors (Lipinski definition) is 1. The van der Waals surface area contributed by atoms with Crippen LogP contribution >= 0.6 is 12.6 Å². The molecule has 17 heavy (non-hydrogen) atoms. The van der Waals surface area contributed by atoms with Gasteiger partial charge in [-0.25, -0.2) is 0 Å². The van der Waals surface area contributed by atoms with E-state index < -0.39 is 0 Å². The lowest BCUT2D eigenvalue weighted by atomic mass is 9.96. The summed E-state index contributed by atoms with van der Waals surface area (Å²) in [5.74, 6) is 0. The van der Waals surface area contributed by atoms with Crippen LogP contribution in [-0.2, 0) is 6.42 Å². The summed E-state index contributed by atoms with van der Waals surface area (Å²) in [6, 6.07) is 16.7. The quantitative estimate of drug-likeness (QED) is 0.745. The van der Waals surface area contributed by atoms with E-state index in [-0.39, 0.29) is 0 Å². The van der Waals surface area contributed by atoms with Crippen molar-refractivity contribution in [2.45, 2.75) is 18.2 Å². The Morgan fingerprint density at radius 1 is 1.06 bits per heavy atom. The van der Waals surface area contributed by atoms with Gasteiger partial charge < -0.3 is 0 Å². The Bertz CT molecular complexity index is 526. The highest BCUT2D eigenvalue weighted by Gasteiger charge is 2.07. The number of hydrogen-bond donors (Lipinski definition) is 1. The van der Waals surface area contributed by atoms with E-state index in [1.807, 2.05) is 25.1 Å². The summed E-state index contributed by atoms with van der Waals surface area (Å²) in [5.41, 5.74) is 4.85. The van der Waals surface area contributed by atoms with Crippen molar-refractivity contribution in [3.8, 4) is 0 Å². The van der Waals surface area contributed by atoms with Gasteiger partial charge in [-0.2, -0.15) is 0 Å². The van der Waals surface area contributed by atoms with Crippen LogP contribution in [0.15, 0.2) is 60.0 Å². The van der Waals surface area contributed by atoms with Crippen molar-refractivity contribution in [2.75, 3.05) is 0 Å². The normalized spacial score (nSPS) is 10.2. The highest BCUT2D eigenvalue weighted by Crippen LogP contribution is 2.26. The first-order valence-electron chi connectivity index (χ1n) is 5.69. The summed E-state index contributed by atoms with van der Waals surface area (Å²) in [6.07, 6.45) is 0.928. The summed E-state index contributed by atoms with van der Waals surface area (Å²) < 4.78 is 0. The highest BCUT2D eigenvalue weighted by molar-refractivity contribution is 7.80. The van der Waals surface area contributed by atoms with Crippen molar-refractivity contribution in [3.05, 3.63) is 71.8 Å². The highest BCUT2D eigenvalue weighted by atomic mass is 32.1. The largest absolute Gasteiger partial charge is 0.143 e. The van der Waals surface area contributed by atoms with Crippen LogP contribution in [0.3, 0.4) is 0 Å². The Labute approximate surface area is 108 Å². The average molecular weight is 240 g/mol. The van der Waals surface area contributed by atoms with Gasteiger partial charge in [0.15, 0.2) is 0 Å². The van der Waals surface area contributed by atoms with Gasteiger partial charge in [-0.3, -0.25) is 0 Å². The Morgan fingerprint density at radius 3 is 2.41 bits per heavy atom. The molecule has 0 aliphatic heterocycles. The molecule has 1 heteroatoms. The predicted molar refractivity (Wildman–Crippen MR) is 77.7 cm³/mol. The summed E-state index contributed by atoms with van der Waals surface area (Å²) in [5, 5.41) is 0. The topological polar surface area (TPSA) is 0 Å². The van der Waals surface area contributed by atoms with Crippen molar-refractivity contribution < 1.29 is 0 Å². The van der Waals surface area contributed by atoms with Crippen LogP contribution in [0, 0.1) is 0 Å². The minimum atomic E-state index is 0.928. The third kappa shape index (κ3) is 2.80. The molecule has 86 valence electrons. The second kappa shape index (κ2) is 5.24. The van der Waals surface area contributed by atoms with Crippen LogP contribution in [0.25, 0.3) is 5.57 Å². The molecule has 2 rings (SSSR count). The third-order valence-corrected chi connectivity index (χ3v) is 3.17. The molecule has 0 N–H and O–H groups in total. The monoisotopic (exact) mass is 240 g/mol. The summed E-state index contributed by atoms with van der Waals surface area (Å²) in [6.45, 7) is 6.07. The number of rotatable bonds is 3. The molecule has 0 heterocycles. The Morgan fingerprint density at radius 2 is 1.76 bits per heavy atom. The van der Waals surface area contributed by atoms with Crippen molar-refractivity contribution >= 4 is 18.2 Å². The van der Waals surface area contributed by atoms with Gasteiger partial charge in [-0.1, -0.05) is 49.0 Å². The zero-order valence-corrected chi connectivity index (χ0v) is 10.9. The minimum absolute atomic E-state index is 0.928. The fraction of sp³-hybridized carbons (Fsp3) is 0.125. The van der Waals surface area contributed by atoms with Gasteiger partial charge >= 0.3 is 0 Å². The SMILES string of the molecule is C=C(C)c1c(S)cccc1Cc1ccccc1. The van der Waals surface area contributed by atoms with Crippen LogP contribution in [0.2, 0.25) is 0 Å². The van der Waals surface area contributed by atoms with Crippen molar-refractivity contribution in [1.82, 2.24) is 0 Å². The second-order valence-corrected chi connectivity index (χ2v) is 4.74. The third-order valence-electron chi connectivity index (χ3n) is 2.79. The molecule has 0 aliphatic carbocycles. The Balaban J connectivity index is 2.40. The smallest absolute Gasteiger partial charge is 0.0118 e. The molecule has 0 aromatic heterocycles. The first kappa shape index (κ1) is 12.0. The zero-order chi connectivity index (χ0) is 12.3. The lowest BCUT2D eigenvalue weighted by molar-refractivity contribution is 1.15. The van der Waals surface area contributed by atoms with Gasteiger partial charge in [0.2, 0.25) is 0 Å². The van der Waals surface area contributed by atoms with Crippen LogP contribution in [0.5, 0.6) is 0 Å². The molecule has 0 unspecified atom stereocenters. The van der Waals surface area contributed by atoms with E-state index in [4.69, 9.17) is 0 Å². The molecule has 2 aromatic rings. The number of allylic oxidation sites excluding steroid dienone is 1. The number of thiol groups is 1. The van der Waals surface area contributed by atoms with E-state index in [9.17, 15) is 0 Å². The fourth-order valence-corrected chi connectivity index (χ4v) is 2.46. The maximum Gasteiger partial charge on any atom is 0.0118 e. The van der Waals surface area contributed by atoms with Gasteiger partial charge in [-0.15, -0.1) is 12.6 Å². The van der Waals surface area contributed by atoms with Crippen LogP contribution in [-0.4, -0.2) is 0 Å². The Kier molecular flexibility index (Phi) is 3.70. The maximum atomic E-state index is 4.51. The molecule has 0 atom stereocenters. The summed E-state index contributed by atoms with van der Waals surface area (Å²) >= 11 is 4.51. The summed E-state index contributed by atoms with van der Waals surface area (Å²) in [4.78, 5) is 1.01. The zero-order valence-electron chi connectivity index (χ0n) is 9.98. The van der Waals surface area contributed by atoms with Crippen molar-refractivity contribution in [3.63, 3.8) is 0 Å². The lowest BCUT2D eigenvalue weighted by Crippen LogP contribution is -1.95. The molecule has 0 fully saturated rings. The predicted octanol–water partition coefficient (Wildman–Crippen LogP) is 4.60. The van der Waals surface area contributed by atoms with E-state index in [1.54, 1.807) is 0 Å². The molecule has 0 radical (unpaired) electrons. The number of benzene rings is 2. The molecule has 2 aromatic carbocycles. The maximum absolute atomic E-state index is 4.51. The fourth-order valence-electron chi connectivity index (χ4n) is 2.04. The molecule has 0 amide bonds. The van der Waals surface area contributed by atoms with E-state index >= 15 is 0 Å². The lowest BCUT2D eigenvalue weighted by Gasteiger charge is -2.12. The molecule has 0 bridgehead atoms. The first-order chi connectivity index (χ1) is 8.18. The molecule has 0 nitrogen and oxygen atoms in total. The van der Waals surface area contributed by atoms with Gasteiger partial charge in [-0.05, 0) is 41.7 Å². The minimum Gasteiger partial charge on any atom is -0.143 e. The van der Waals surface area contributed by atoms with Crippen LogP contribution in [0.1, 0.15) is 23.6 Å². The Hall–Kier alpha value is -1.47. The molecule has 0 aliphatic rings. The molecule has 0 spiro atoms. The standard InChI is InChI=1S/C16H16S/c1-12(2)16-14(9-6-10-15(16)17)11-13-7-4-3-5-8-13/h3-10,17H,1,11H2,2H3.